The molecule has 5 N–H and O–H groups in total. The lowest BCUT2D eigenvalue weighted by Gasteiger charge is -2.09. The summed E-state index contributed by atoms with van der Waals surface area (Å²) < 4.78 is 0. The monoisotopic (exact) mass is 177 g/mol. The molecule has 0 aliphatic carbocycles. The predicted octanol–water partition coefficient (Wildman–Crippen LogP) is -0.280. The fraction of sp³-hybridized carbons (Fsp3) is 0.833. The van der Waals surface area contributed by atoms with Crippen LogP contribution in [0.2, 0.25) is 0 Å². The minimum Gasteiger partial charge on any atom is -0.383 e. The smallest absolute Gasteiger partial charge is 0.185 e. The summed E-state index contributed by atoms with van der Waals surface area (Å²) in [5, 5.41) is 9.19. The number of nitrogens with zero attached hydrogens (tertiary/aromatic N) is 1. The summed E-state index contributed by atoms with van der Waals surface area (Å²) in [5.41, 5.74) is 9.89. The maximum Gasteiger partial charge on any atom is 0.185 e. The normalized spacial score (nSPS) is 15.5. The summed E-state index contributed by atoms with van der Waals surface area (Å²) in [4.78, 5) is 3.82. The van der Waals surface area contributed by atoms with E-state index in [4.69, 9.17) is 16.6 Å². The van der Waals surface area contributed by atoms with E-state index in [1.807, 2.05) is 6.92 Å². The first kappa shape index (κ1) is 10.6. The third-order valence-corrected chi connectivity index (χ3v) is 1.97. The molecule has 0 rings (SSSR count). The Labute approximate surface area is 71.1 Å². The number of aliphatic hydroxyl groups is 1. The van der Waals surface area contributed by atoms with Gasteiger partial charge < -0.3 is 16.6 Å². The molecule has 2 unspecified atom stereocenters. The van der Waals surface area contributed by atoms with Gasteiger partial charge in [0.15, 0.2) is 5.96 Å². The van der Waals surface area contributed by atoms with E-state index < -0.39 is 0 Å². The number of aliphatic imine (C=N–C) groups is 1. The molecule has 66 valence electrons. The Balaban J connectivity index is 3.53. The third-order valence-electron chi connectivity index (χ3n) is 0.960. The molecule has 0 aromatic heterocycles. The molecule has 0 bridgehead atoms. The van der Waals surface area contributed by atoms with Gasteiger partial charge in [-0.2, -0.15) is 0 Å². The molecular formula is C6H15N3OS. The molecule has 0 aromatic rings. The molecule has 0 aliphatic heterocycles. The molecule has 0 spiro atoms. The molecule has 0 heterocycles. The van der Waals surface area contributed by atoms with Crippen LogP contribution in [-0.4, -0.2) is 28.3 Å². The lowest BCUT2D eigenvalue weighted by atomic mass is 10.5. The molecule has 0 saturated heterocycles. The highest BCUT2D eigenvalue weighted by molar-refractivity contribution is 8.00. The summed E-state index contributed by atoms with van der Waals surface area (Å²) in [7, 11) is 0. The Bertz CT molecular complexity index is 134. The van der Waals surface area contributed by atoms with Crippen LogP contribution in [0.25, 0.3) is 0 Å². The van der Waals surface area contributed by atoms with Crippen LogP contribution in [-0.2, 0) is 0 Å². The van der Waals surface area contributed by atoms with E-state index in [1.165, 1.54) is 11.8 Å². The third kappa shape index (κ3) is 7.48. The molecule has 0 saturated carbocycles. The number of hydrogen-bond acceptors (Lipinski definition) is 3. The first-order valence-corrected chi connectivity index (χ1v) is 4.35. The van der Waals surface area contributed by atoms with Gasteiger partial charge in [0.2, 0.25) is 0 Å². The van der Waals surface area contributed by atoms with Crippen molar-refractivity contribution >= 4 is 17.7 Å². The Hall–Kier alpha value is -0.420. The van der Waals surface area contributed by atoms with E-state index >= 15 is 0 Å². The van der Waals surface area contributed by atoms with Crippen LogP contribution in [0.15, 0.2) is 4.99 Å². The van der Waals surface area contributed by atoms with Gasteiger partial charge in [0, 0.05) is 5.25 Å². The summed E-state index contributed by atoms with van der Waals surface area (Å²) in [5.74, 6) is 0.100. The standard InChI is InChI=1S/C6H15N3OS/c1-4(11-5(2)10)3-9-6(7)8/h4-5,10H,3H2,1-2H3,(H4,7,8,9). The van der Waals surface area contributed by atoms with Crippen LogP contribution in [0.3, 0.4) is 0 Å². The highest BCUT2D eigenvalue weighted by atomic mass is 32.2. The fourth-order valence-corrected chi connectivity index (χ4v) is 1.45. The Kier molecular flexibility index (Phi) is 5.06. The molecule has 4 nitrogen and oxygen atoms in total. The van der Waals surface area contributed by atoms with Crippen LogP contribution in [0, 0.1) is 0 Å². The van der Waals surface area contributed by atoms with Gasteiger partial charge in [0.05, 0.1) is 12.0 Å². The van der Waals surface area contributed by atoms with E-state index in [0.29, 0.717) is 6.54 Å². The maximum atomic E-state index is 8.94. The zero-order valence-corrected chi connectivity index (χ0v) is 7.64. The van der Waals surface area contributed by atoms with Gasteiger partial charge in [-0.1, -0.05) is 6.92 Å². The van der Waals surface area contributed by atoms with E-state index in [0.717, 1.165) is 0 Å². The van der Waals surface area contributed by atoms with Crippen LogP contribution < -0.4 is 11.5 Å². The van der Waals surface area contributed by atoms with Crippen molar-refractivity contribution in [3.8, 4) is 0 Å². The summed E-state index contributed by atoms with van der Waals surface area (Å²) in [6, 6.07) is 0. The summed E-state index contributed by atoms with van der Waals surface area (Å²) in [6.45, 7) is 4.23. The first-order valence-electron chi connectivity index (χ1n) is 3.41. The maximum absolute atomic E-state index is 8.94. The first-order chi connectivity index (χ1) is 5.02. The molecule has 0 fully saturated rings. The van der Waals surface area contributed by atoms with Gasteiger partial charge >= 0.3 is 0 Å². The highest BCUT2D eigenvalue weighted by Crippen LogP contribution is 2.14. The van der Waals surface area contributed by atoms with Crippen LogP contribution >= 0.6 is 11.8 Å². The van der Waals surface area contributed by atoms with Gasteiger partial charge in [-0.15, -0.1) is 11.8 Å². The van der Waals surface area contributed by atoms with Crippen LogP contribution in [0.5, 0.6) is 0 Å². The van der Waals surface area contributed by atoms with Crippen molar-refractivity contribution in [2.24, 2.45) is 16.5 Å². The molecule has 0 aliphatic rings. The number of rotatable bonds is 4. The quantitative estimate of drug-likeness (QED) is 0.313. The van der Waals surface area contributed by atoms with Crippen molar-refractivity contribution in [1.82, 2.24) is 0 Å². The van der Waals surface area contributed by atoms with Crippen molar-refractivity contribution in [1.29, 1.82) is 0 Å². The molecule has 11 heavy (non-hydrogen) atoms. The fourth-order valence-electron chi connectivity index (χ4n) is 0.613. The topological polar surface area (TPSA) is 84.6 Å². The molecule has 2 atom stereocenters. The van der Waals surface area contributed by atoms with E-state index in [1.54, 1.807) is 6.92 Å². The highest BCUT2D eigenvalue weighted by Gasteiger charge is 2.04. The van der Waals surface area contributed by atoms with Crippen molar-refractivity contribution in [2.75, 3.05) is 6.54 Å². The van der Waals surface area contributed by atoms with Crippen molar-refractivity contribution in [3.63, 3.8) is 0 Å². The Morgan fingerprint density at radius 3 is 2.45 bits per heavy atom. The number of hydrogen-bond donors (Lipinski definition) is 3. The lowest BCUT2D eigenvalue weighted by molar-refractivity contribution is 0.283. The Morgan fingerprint density at radius 1 is 1.55 bits per heavy atom. The average molecular weight is 177 g/mol. The second-order valence-corrected chi connectivity index (χ2v) is 4.07. The largest absolute Gasteiger partial charge is 0.383 e. The minimum absolute atomic E-state index is 0.100. The molecule has 0 amide bonds. The lowest BCUT2D eigenvalue weighted by Crippen LogP contribution is -2.24. The van der Waals surface area contributed by atoms with Crippen LogP contribution in [0.1, 0.15) is 13.8 Å². The van der Waals surface area contributed by atoms with Gasteiger partial charge in [0.25, 0.3) is 0 Å². The zero-order valence-electron chi connectivity index (χ0n) is 6.82. The average Bonchev–Trinajstić information content (AvgIpc) is 1.82. The number of guanidine groups is 1. The van der Waals surface area contributed by atoms with E-state index in [9.17, 15) is 0 Å². The zero-order chi connectivity index (χ0) is 8.85. The Morgan fingerprint density at radius 2 is 2.09 bits per heavy atom. The van der Waals surface area contributed by atoms with E-state index in [-0.39, 0.29) is 16.6 Å². The van der Waals surface area contributed by atoms with E-state index in [2.05, 4.69) is 4.99 Å². The second-order valence-electron chi connectivity index (χ2n) is 2.31. The van der Waals surface area contributed by atoms with Crippen LogP contribution in [0.4, 0.5) is 0 Å². The SMILES string of the molecule is CC(O)SC(C)CN=C(N)N. The van der Waals surface area contributed by atoms with Crippen molar-refractivity contribution in [3.05, 3.63) is 0 Å². The van der Waals surface area contributed by atoms with Gasteiger partial charge in [-0.3, -0.25) is 4.99 Å². The van der Waals surface area contributed by atoms with Crippen molar-refractivity contribution in [2.45, 2.75) is 24.5 Å². The van der Waals surface area contributed by atoms with Gasteiger partial charge in [-0.25, -0.2) is 0 Å². The molecule has 0 radical (unpaired) electrons. The second kappa shape index (κ2) is 5.26. The van der Waals surface area contributed by atoms with Crippen molar-refractivity contribution < 1.29 is 5.11 Å². The summed E-state index contributed by atoms with van der Waals surface area (Å²) in [6.07, 6.45) is 0. The molecule has 0 aromatic carbocycles. The number of thioether (sulfide) groups is 1. The number of nitrogens with two attached hydrogens (primary N) is 2. The predicted molar refractivity (Wildman–Crippen MR) is 49.4 cm³/mol. The minimum atomic E-state index is -0.362. The summed E-state index contributed by atoms with van der Waals surface area (Å²) >= 11 is 1.43. The molecular weight excluding hydrogens is 162 g/mol. The van der Waals surface area contributed by atoms with Gasteiger partial charge in [-0.05, 0) is 6.92 Å². The number of aliphatic hydroxyl groups excluding tert-OH is 1. The molecule has 5 heteroatoms. The van der Waals surface area contributed by atoms with Gasteiger partial charge in [0.1, 0.15) is 0 Å².